The lowest BCUT2D eigenvalue weighted by Gasteiger charge is -2.26. The first kappa shape index (κ1) is 18.0. The first-order valence-electron chi connectivity index (χ1n) is 7.32. The van der Waals surface area contributed by atoms with Crippen molar-refractivity contribution in [2.75, 3.05) is 13.1 Å². The number of halogens is 3. The average Bonchev–Trinajstić information content (AvgIpc) is 2.67. The first-order valence-corrected chi connectivity index (χ1v) is 7.32. The van der Waals surface area contributed by atoms with E-state index in [1.807, 2.05) is 13.0 Å². The van der Waals surface area contributed by atoms with E-state index in [-0.39, 0.29) is 12.6 Å². The average molecular weight is 306 g/mol. The summed E-state index contributed by atoms with van der Waals surface area (Å²) in [6.07, 6.45) is -3.16. The summed E-state index contributed by atoms with van der Waals surface area (Å²) in [5.74, 6) is 1.35. The highest BCUT2D eigenvalue weighted by molar-refractivity contribution is 5.20. The van der Waals surface area contributed by atoms with Gasteiger partial charge in [0.2, 0.25) is 0 Å². The lowest BCUT2D eigenvalue weighted by Crippen LogP contribution is -2.38. The van der Waals surface area contributed by atoms with Gasteiger partial charge in [-0.1, -0.05) is 6.92 Å². The van der Waals surface area contributed by atoms with Crippen molar-refractivity contribution >= 4 is 0 Å². The van der Waals surface area contributed by atoms with Gasteiger partial charge in [-0.15, -0.1) is 0 Å². The van der Waals surface area contributed by atoms with E-state index < -0.39 is 12.7 Å². The standard InChI is InChI=1S/C15H25F3N2O/c1-5-6-19-8-13-7-14(21-12(13)4)9-20(11(2)3)10-15(16,17)18/h7,11,19H,5-6,8-10H2,1-4H3. The van der Waals surface area contributed by atoms with Gasteiger partial charge in [0, 0.05) is 18.2 Å². The van der Waals surface area contributed by atoms with Gasteiger partial charge in [-0.05, 0) is 39.8 Å². The van der Waals surface area contributed by atoms with Gasteiger partial charge in [0.05, 0.1) is 13.1 Å². The number of aryl methyl sites for hydroxylation is 1. The van der Waals surface area contributed by atoms with Crippen LogP contribution in [0, 0.1) is 6.92 Å². The lowest BCUT2D eigenvalue weighted by atomic mass is 10.2. The number of rotatable bonds is 8. The van der Waals surface area contributed by atoms with Gasteiger partial charge < -0.3 is 9.73 Å². The molecule has 0 unspecified atom stereocenters. The van der Waals surface area contributed by atoms with E-state index in [2.05, 4.69) is 12.2 Å². The third kappa shape index (κ3) is 6.52. The maximum Gasteiger partial charge on any atom is 0.401 e. The molecule has 0 atom stereocenters. The van der Waals surface area contributed by atoms with Crippen molar-refractivity contribution in [1.82, 2.24) is 10.2 Å². The molecule has 21 heavy (non-hydrogen) atoms. The van der Waals surface area contributed by atoms with Crippen LogP contribution >= 0.6 is 0 Å². The molecule has 1 heterocycles. The van der Waals surface area contributed by atoms with E-state index in [1.54, 1.807) is 13.8 Å². The first-order chi connectivity index (χ1) is 9.73. The molecule has 1 aromatic heterocycles. The fraction of sp³-hybridized carbons (Fsp3) is 0.733. The Hall–Kier alpha value is -1.01. The van der Waals surface area contributed by atoms with Crippen molar-refractivity contribution in [2.45, 2.75) is 59.4 Å². The fourth-order valence-corrected chi connectivity index (χ4v) is 2.09. The molecule has 0 saturated carbocycles. The minimum atomic E-state index is -4.20. The summed E-state index contributed by atoms with van der Waals surface area (Å²) in [5, 5.41) is 3.27. The van der Waals surface area contributed by atoms with Crippen LogP contribution in [0.15, 0.2) is 10.5 Å². The second-order valence-corrected chi connectivity index (χ2v) is 5.58. The van der Waals surface area contributed by atoms with Crippen LogP contribution in [0.25, 0.3) is 0 Å². The summed E-state index contributed by atoms with van der Waals surface area (Å²) >= 11 is 0. The zero-order chi connectivity index (χ0) is 16.0. The van der Waals surface area contributed by atoms with Gasteiger partial charge in [-0.25, -0.2) is 0 Å². The van der Waals surface area contributed by atoms with Crippen molar-refractivity contribution in [1.29, 1.82) is 0 Å². The van der Waals surface area contributed by atoms with E-state index in [1.165, 1.54) is 4.90 Å². The molecule has 0 amide bonds. The van der Waals surface area contributed by atoms with Gasteiger partial charge in [-0.2, -0.15) is 13.2 Å². The van der Waals surface area contributed by atoms with Crippen molar-refractivity contribution in [3.05, 3.63) is 23.2 Å². The van der Waals surface area contributed by atoms with Crippen LogP contribution in [0.2, 0.25) is 0 Å². The number of alkyl halides is 3. The van der Waals surface area contributed by atoms with Crippen molar-refractivity contribution in [3.8, 4) is 0 Å². The Morgan fingerprint density at radius 2 is 2.00 bits per heavy atom. The molecular formula is C15H25F3N2O. The highest BCUT2D eigenvalue weighted by Crippen LogP contribution is 2.22. The molecule has 0 spiro atoms. The van der Waals surface area contributed by atoms with Gasteiger partial charge >= 0.3 is 6.18 Å². The number of hydrogen-bond donors (Lipinski definition) is 1. The van der Waals surface area contributed by atoms with Crippen molar-refractivity contribution in [3.63, 3.8) is 0 Å². The Kier molecular flexibility index (Phi) is 6.74. The highest BCUT2D eigenvalue weighted by Gasteiger charge is 2.32. The molecule has 0 aromatic carbocycles. The maximum atomic E-state index is 12.6. The molecule has 3 nitrogen and oxygen atoms in total. The molecule has 1 aromatic rings. The summed E-state index contributed by atoms with van der Waals surface area (Å²) in [7, 11) is 0. The molecule has 0 fully saturated rings. The normalized spacial score (nSPS) is 12.6. The quantitative estimate of drug-likeness (QED) is 0.739. The van der Waals surface area contributed by atoms with Crippen LogP contribution in [0.4, 0.5) is 13.2 Å². The molecule has 0 aliphatic rings. The molecule has 6 heteroatoms. The van der Waals surface area contributed by atoms with E-state index in [0.29, 0.717) is 12.3 Å². The third-order valence-corrected chi connectivity index (χ3v) is 3.29. The minimum Gasteiger partial charge on any atom is -0.465 e. The molecule has 0 saturated heterocycles. The van der Waals surface area contributed by atoms with Crippen LogP contribution < -0.4 is 5.32 Å². The van der Waals surface area contributed by atoms with Crippen molar-refractivity contribution < 1.29 is 17.6 Å². The molecule has 0 radical (unpaired) electrons. The Morgan fingerprint density at radius 3 is 2.52 bits per heavy atom. The predicted molar refractivity (Wildman–Crippen MR) is 77.0 cm³/mol. The third-order valence-electron chi connectivity index (χ3n) is 3.29. The summed E-state index contributed by atoms with van der Waals surface area (Å²) in [5.41, 5.74) is 1.01. The Morgan fingerprint density at radius 1 is 1.33 bits per heavy atom. The number of nitrogens with zero attached hydrogens (tertiary/aromatic N) is 1. The maximum absolute atomic E-state index is 12.6. The number of nitrogens with one attached hydrogen (secondary N) is 1. The zero-order valence-corrected chi connectivity index (χ0v) is 13.2. The SMILES string of the molecule is CCCNCc1cc(CN(CC(F)(F)F)C(C)C)oc1C. The van der Waals surface area contributed by atoms with Crippen LogP contribution in [0.1, 0.15) is 44.3 Å². The smallest absolute Gasteiger partial charge is 0.401 e. The van der Waals surface area contributed by atoms with Gasteiger partial charge in [0.25, 0.3) is 0 Å². The van der Waals surface area contributed by atoms with Crippen LogP contribution in [-0.4, -0.2) is 30.2 Å². The van der Waals surface area contributed by atoms with Crippen LogP contribution in [0.3, 0.4) is 0 Å². The summed E-state index contributed by atoms with van der Waals surface area (Å²) in [4.78, 5) is 1.36. The molecular weight excluding hydrogens is 281 g/mol. The van der Waals surface area contributed by atoms with Crippen molar-refractivity contribution in [2.24, 2.45) is 0 Å². The number of hydrogen-bond acceptors (Lipinski definition) is 3. The van der Waals surface area contributed by atoms with Crippen LogP contribution in [0.5, 0.6) is 0 Å². The zero-order valence-electron chi connectivity index (χ0n) is 13.2. The Labute approximate surface area is 124 Å². The summed E-state index contributed by atoms with van der Waals surface area (Å²) < 4.78 is 43.3. The van der Waals surface area contributed by atoms with Gasteiger partial charge in [-0.3, -0.25) is 4.90 Å². The van der Waals surface area contributed by atoms with Gasteiger partial charge in [0.15, 0.2) is 0 Å². The second kappa shape index (κ2) is 7.84. The van der Waals surface area contributed by atoms with E-state index in [9.17, 15) is 13.2 Å². The molecule has 0 aliphatic carbocycles. The minimum absolute atomic E-state index is 0.172. The van der Waals surface area contributed by atoms with Crippen LogP contribution in [-0.2, 0) is 13.1 Å². The largest absolute Gasteiger partial charge is 0.465 e. The van der Waals surface area contributed by atoms with E-state index in [4.69, 9.17) is 4.42 Å². The second-order valence-electron chi connectivity index (χ2n) is 5.58. The summed E-state index contributed by atoms with van der Waals surface area (Å²) in [6, 6.07) is 1.66. The highest BCUT2D eigenvalue weighted by atomic mass is 19.4. The molecule has 0 bridgehead atoms. The molecule has 1 rings (SSSR count). The fourth-order valence-electron chi connectivity index (χ4n) is 2.09. The Bertz CT molecular complexity index is 427. The molecule has 0 aliphatic heterocycles. The van der Waals surface area contributed by atoms with E-state index >= 15 is 0 Å². The number of furan rings is 1. The lowest BCUT2D eigenvalue weighted by molar-refractivity contribution is -0.151. The van der Waals surface area contributed by atoms with Gasteiger partial charge in [0.1, 0.15) is 11.5 Å². The Balaban J connectivity index is 2.69. The van der Waals surface area contributed by atoms with E-state index in [0.717, 1.165) is 24.3 Å². The summed E-state index contributed by atoms with van der Waals surface area (Å²) in [6.45, 7) is 8.28. The molecule has 122 valence electrons. The topological polar surface area (TPSA) is 28.4 Å². The predicted octanol–water partition coefficient (Wildman–Crippen LogP) is 3.86. The molecule has 1 N–H and O–H groups in total. The monoisotopic (exact) mass is 306 g/mol.